The van der Waals surface area contributed by atoms with Crippen molar-refractivity contribution in [3.05, 3.63) is 23.8 Å². The van der Waals surface area contributed by atoms with E-state index in [9.17, 15) is 5.11 Å². The molecule has 1 saturated heterocycles. The van der Waals surface area contributed by atoms with Gasteiger partial charge in [-0.2, -0.15) is 5.26 Å². The standard InChI is InChI=1S/C13H16BNO3/c1-12(2)13(3,4)18-14(17-12)11-9(8-15)6-5-7-10(11)16/h5-7,16H,1-4H3. The maximum absolute atomic E-state index is 9.91. The van der Waals surface area contributed by atoms with Crippen LogP contribution in [-0.2, 0) is 9.31 Å². The molecule has 0 spiro atoms. The molecule has 94 valence electrons. The van der Waals surface area contributed by atoms with Gasteiger partial charge in [-0.25, -0.2) is 0 Å². The molecule has 5 heteroatoms. The predicted octanol–water partition coefficient (Wildman–Crippen LogP) is 1.56. The number of rotatable bonds is 1. The molecular formula is C13H16BNO3. The van der Waals surface area contributed by atoms with Gasteiger partial charge >= 0.3 is 7.12 Å². The van der Waals surface area contributed by atoms with Crippen molar-refractivity contribution in [2.75, 3.05) is 0 Å². The van der Waals surface area contributed by atoms with E-state index in [-0.39, 0.29) is 5.75 Å². The van der Waals surface area contributed by atoms with Crippen molar-refractivity contribution in [3.8, 4) is 11.8 Å². The van der Waals surface area contributed by atoms with Crippen LogP contribution in [0, 0.1) is 11.3 Å². The van der Waals surface area contributed by atoms with E-state index in [2.05, 4.69) is 0 Å². The number of nitriles is 1. The van der Waals surface area contributed by atoms with Gasteiger partial charge in [0.25, 0.3) is 0 Å². The van der Waals surface area contributed by atoms with Gasteiger partial charge in [0.05, 0.1) is 22.8 Å². The molecule has 1 N–H and O–H groups in total. The smallest absolute Gasteiger partial charge is 0.500 e. The zero-order chi connectivity index (χ0) is 13.6. The number of hydrogen-bond donors (Lipinski definition) is 1. The molecular weight excluding hydrogens is 229 g/mol. The van der Waals surface area contributed by atoms with Crippen molar-refractivity contribution in [1.29, 1.82) is 5.26 Å². The summed E-state index contributed by atoms with van der Waals surface area (Å²) in [6.07, 6.45) is 0. The van der Waals surface area contributed by atoms with Crippen molar-refractivity contribution in [3.63, 3.8) is 0 Å². The molecule has 0 atom stereocenters. The summed E-state index contributed by atoms with van der Waals surface area (Å²) in [4.78, 5) is 0. The first-order chi connectivity index (χ1) is 8.28. The molecule has 1 aliphatic heterocycles. The molecule has 1 fully saturated rings. The molecule has 0 saturated carbocycles. The van der Waals surface area contributed by atoms with Crippen LogP contribution in [0.2, 0.25) is 0 Å². The summed E-state index contributed by atoms with van der Waals surface area (Å²) in [6, 6.07) is 6.84. The minimum absolute atomic E-state index is 0.0209. The van der Waals surface area contributed by atoms with Gasteiger partial charge in [0, 0.05) is 5.46 Å². The van der Waals surface area contributed by atoms with Crippen molar-refractivity contribution in [2.45, 2.75) is 38.9 Å². The summed E-state index contributed by atoms with van der Waals surface area (Å²) in [7, 11) is -0.717. The van der Waals surface area contributed by atoms with Gasteiger partial charge in [-0.15, -0.1) is 0 Å². The summed E-state index contributed by atoms with van der Waals surface area (Å²) in [5.74, 6) is 0.0209. The molecule has 0 amide bonds. The number of nitrogens with zero attached hydrogens (tertiary/aromatic N) is 1. The van der Waals surface area contributed by atoms with Crippen LogP contribution in [0.25, 0.3) is 0 Å². The lowest BCUT2D eigenvalue weighted by Crippen LogP contribution is -2.41. The van der Waals surface area contributed by atoms with E-state index in [1.54, 1.807) is 12.1 Å². The Morgan fingerprint density at radius 1 is 1.17 bits per heavy atom. The first-order valence-corrected chi connectivity index (χ1v) is 5.86. The van der Waals surface area contributed by atoms with Crippen LogP contribution in [0.15, 0.2) is 18.2 Å². The molecule has 4 nitrogen and oxygen atoms in total. The maximum Gasteiger partial charge on any atom is 0.500 e. The summed E-state index contributed by atoms with van der Waals surface area (Å²) < 4.78 is 11.7. The van der Waals surface area contributed by atoms with Gasteiger partial charge in [0.2, 0.25) is 0 Å². The van der Waals surface area contributed by atoms with Crippen LogP contribution < -0.4 is 5.46 Å². The first kappa shape index (κ1) is 12.9. The lowest BCUT2D eigenvalue weighted by atomic mass is 9.75. The number of hydrogen-bond acceptors (Lipinski definition) is 4. The van der Waals surface area contributed by atoms with Gasteiger partial charge in [0.1, 0.15) is 5.75 Å². The first-order valence-electron chi connectivity index (χ1n) is 5.86. The lowest BCUT2D eigenvalue weighted by Gasteiger charge is -2.32. The van der Waals surface area contributed by atoms with Gasteiger partial charge in [-0.3, -0.25) is 0 Å². The number of phenolic OH excluding ortho intramolecular Hbond substituents is 1. The summed E-state index contributed by atoms with van der Waals surface area (Å²) in [5, 5.41) is 19.0. The van der Waals surface area contributed by atoms with E-state index in [0.29, 0.717) is 11.0 Å². The number of benzene rings is 1. The molecule has 0 aliphatic carbocycles. The van der Waals surface area contributed by atoms with E-state index < -0.39 is 18.3 Å². The zero-order valence-corrected chi connectivity index (χ0v) is 11.0. The molecule has 1 heterocycles. The number of aromatic hydroxyl groups is 1. The Balaban J connectivity index is 2.45. The fraction of sp³-hybridized carbons (Fsp3) is 0.462. The summed E-state index contributed by atoms with van der Waals surface area (Å²) in [5.41, 5.74) is -0.216. The van der Waals surface area contributed by atoms with E-state index in [0.717, 1.165) is 0 Å². The Morgan fingerprint density at radius 2 is 1.72 bits per heavy atom. The minimum atomic E-state index is -0.717. The highest BCUT2D eigenvalue weighted by molar-refractivity contribution is 6.63. The largest absolute Gasteiger partial charge is 0.508 e. The molecule has 0 aromatic heterocycles. The van der Waals surface area contributed by atoms with Crippen LogP contribution in [0.5, 0.6) is 5.75 Å². The van der Waals surface area contributed by atoms with E-state index in [1.165, 1.54) is 6.07 Å². The Labute approximate surface area is 107 Å². The van der Waals surface area contributed by atoms with Gasteiger partial charge < -0.3 is 14.4 Å². The number of phenols is 1. The third-order valence-electron chi connectivity index (χ3n) is 3.69. The van der Waals surface area contributed by atoms with Crippen LogP contribution in [0.3, 0.4) is 0 Å². The maximum atomic E-state index is 9.91. The van der Waals surface area contributed by atoms with Gasteiger partial charge in [-0.05, 0) is 39.8 Å². The third kappa shape index (κ3) is 1.88. The van der Waals surface area contributed by atoms with Crippen molar-refractivity contribution < 1.29 is 14.4 Å². The second kappa shape index (κ2) is 4.01. The van der Waals surface area contributed by atoms with Crippen molar-refractivity contribution in [1.82, 2.24) is 0 Å². The quantitative estimate of drug-likeness (QED) is 0.762. The molecule has 1 aromatic rings. The second-order valence-corrected chi connectivity index (χ2v) is 5.44. The molecule has 2 rings (SSSR count). The molecule has 1 aliphatic rings. The monoisotopic (exact) mass is 245 g/mol. The fourth-order valence-electron chi connectivity index (χ4n) is 1.86. The molecule has 1 aromatic carbocycles. The fourth-order valence-corrected chi connectivity index (χ4v) is 1.86. The van der Waals surface area contributed by atoms with Crippen LogP contribution in [-0.4, -0.2) is 23.4 Å². The molecule has 18 heavy (non-hydrogen) atoms. The van der Waals surface area contributed by atoms with Crippen molar-refractivity contribution in [2.24, 2.45) is 0 Å². The highest BCUT2D eigenvalue weighted by atomic mass is 16.7. The Morgan fingerprint density at radius 3 is 2.22 bits per heavy atom. The Hall–Kier alpha value is -1.51. The molecule has 0 bridgehead atoms. The molecule has 0 radical (unpaired) electrons. The topological polar surface area (TPSA) is 62.5 Å². The van der Waals surface area contributed by atoms with E-state index >= 15 is 0 Å². The molecule has 0 unspecified atom stereocenters. The zero-order valence-electron chi connectivity index (χ0n) is 11.0. The van der Waals surface area contributed by atoms with E-state index in [1.807, 2.05) is 33.8 Å². The minimum Gasteiger partial charge on any atom is -0.508 e. The van der Waals surface area contributed by atoms with Crippen LogP contribution >= 0.6 is 0 Å². The van der Waals surface area contributed by atoms with Crippen molar-refractivity contribution >= 4 is 12.6 Å². The van der Waals surface area contributed by atoms with Crippen LogP contribution in [0.1, 0.15) is 33.3 Å². The van der Waals surface area contributed by atoms with Gasteiger partial charge in [-0.1, -0.05) is 6.07 Å². The highest BCUT2D eigenvalue weighted by Gasteiger charge is 2.53. The lowest BCUT2D eigenvalue weighted by molar-refractivity contribution is 0.00578. The third-order valence-corrected chi connectivity index (χ3v) is 3.69. The van der Waals surface area contributed by atoms with Gasteiger partial charge in [0.15, 0.2) is 0 Å². The average Bonchev–Trinajstić information content (AvgIpc) is 2.47. The summed E-state index contributed by atoms with van der Waals surface area (Å²) >= 11 is 0. The Kier molecular flexibility index (Phi) is 2.88. The van der Waals surface area contributed by atoms with E-state index in [4.69, 9.17) is 14.6 Å². The predicted molar refractivity (Wildman–Crippen MR) is 68.5 cm³/mol. The SMILES string of the molecule is CC1(C)OB(c2c(O)cccc2C#N)OC1(C)C. The summed E-state index contributed by atoms with van der Waals surface area (Å²) in [6.45, 7) is 7.72. The van der Waals surface area contributed by atoms with Crippen LogP contribution in [0.4, 0.5) is 0 Å². The second-order valence-electron chi connectivity index (χ2n) is 5.44. The average molecular weight is 245 g/mol. The Bertz CT molecular complexity index is 503. The normalized spacial score (nSPS) is 20.7. The highest BCUT2D eigenvalue weighted by Crippen LogP contribution is 2.37.